The van der Waals surface area contributed by atoms with Gasteiger partial charge in [-0.1, -0.05) is 36.4 Å². The van der Waals surface area contributed by atoms with Crippen LogP contribution in [0.1, 0.15) is 16.8 Å². The normalized spacial score (nSPS) is 10.9. The lowest BCUT2D eigenvalue weighted by Gasteiger charge is -2.01. The monoisotopic (exact) mass is 379 g/mol. The molecule has 136 valence electrons. The van der Waals surface area contributed by atoms with Crippen LogP contribution in [-0.4, -0.2) is 15.8 Å². The predicted molar refractivity (Wildman–Crippen MR) is 106 cm³/mol. The summed E-state index contributed by atoms with van der Waals surface area (Å²) in [6.45, 7) is 2.36. The maximum Gasteiger partial charge on any atom is 0.270 e. The van der Waals surface area contributed by atoms with Gasteiger partial charge in [-0.25, -0.2) is 4.98 Å². The number of non-ortho nitro benzene ring substituents is 1. The number of hydrogen-bond acceptors (Lipinski definition) is 5. The summed E-state index contributed by atoms with van der Waals surface area (Å²) in [6, 6.07) is 14.1. The molecule has 1 N–H and O–H groups in total. The molecule has 0 atom stereocenters. The fourth-order valence-electron chi connectivity index (χ4n) is 2.48. The Balaban J connectivity index is 1.59. The molecule has 6 nitrogen and oxygen atoms in total. The summed E-state index contributed by atoms with van der Waals surface area (Å²) < 4.78 is 0. The van der Waals surface area contributed by atoms with Crippen molar-refractivity contribution in [1.29, 1.82) is 0 Å². The van der Waals surface area contributed by atoms with Crippen molar-refractivity contribution in [3.05, 3.63) is 86.9 Å². The van der Waals surface area contributed by atoms with E-state index in [4.69, 9.17) is 0 Å². The Morgan fingerprint density at radius 3 is 2.85 bits per heavy atom. The molecule has 0 fully saturated rings. The molecule has 0 aliphatic carbocycles. The molecule has 1 heterocycles. The highest BCUT2D eigenvalue weighted by molar-refractivity contribution is 7.13. The average Bonchev–Trinajstić information content (AvgIpc) is 3.14. The van der Waals surface area contributed by atoms with Crippen molar-refractivity contribution in [2.45, 2.75) is 13.5 Å². The molecule has 7 heteroatoms. The first kappa shape index (κ1) is 18.5. The number of carbonyl (C=O) groups excluding carboxylic acids is 1. The Labute approximate surface area is 160 Å². The molecule has 27 heavy (non-hydrogen) atoms. The molecule has 0 saturated carbocycles. The molecule has 2 aromatic carbocycles. The van der Waals surface area contributed by atoms with Crippen LogP contribution in [0.2, 0.25) is 0 Å². The van der Waals surface area contributed by atoms with Crippen LogP contribution >= 0.6 is 11.3 Å². The number of hydrogen-bond donors (Lipinski definition) is 1. The lowest BCUT2D eigenvalue weighted by Crippen LogP contribution is -2.20. The summed E-state index contributed by atoms with van der Waals surface area (Å²) in [4.78, 5) is 26.9. The van der Waals surface area contributed by atoms with Gasteiger partial charge in [-0.3, -0.25) is 14.9 Å². The van der Waals surface area contributed by atoms with Crippen LogP contribution in [-0.2, 0) is 11.3 Å². The van der Waals surface area contributed by atoms with Crippen molar-refractivity contribution in [2.24, 2.45) is 0 Å². The Morgan fingerprint density at radius 2 is 2.07 bits per heavy atom. The molecular weight excluding hydrogens is 362 g/mol. The third-order valence-corrected chi connectivity index (χ3v) is 4.80. The van der Waals surface area contributed by atoms with E-state index in [2.05, 4.69) is 10.3 Å². The second-order valence-corrected chi connectivity index (χ2v) is 6.72. The van der Waals surface area contributed by atoms with Crippen LogP contribution in [0.15, 0.2) is 60.0 Å². The molecule has 3 aromatic rings. The van der Waals surface area contributed by atoms with E-state index in [1.54, 1.807) is 18.2 Å². The highest BCUT2D eigenvalue weighted by atomic mass is 32.1. The highest BCUT2D eigenvalue weighted by Crippen LogP contribution is 2.26. The third-order valence-electron chi connectivity index (χ3n) is 3.88. The van der Waals surface area contributed by atoms with E-state index in [-0.39, 0.29) is 11.6 Å². The van der Waals surface area contributed by atoms with Gasteiger partial charge >= 0.3 is 0 Å². The topological polar surface area (TPSA) is 85.1 Å². The van der Waals surface area contributed by atoms with Gasteiger partial charge in [0.05, 0.1) is 17.2 Å². The quantitative estimate of drug-likeness (QED) is 0.392. The van der Waals surface area contributed by atoms with Gasteiger partial charge in [-0.05, 0) is 24.1 Å². The Morgan fingerprint density at radius 1 is 1.26 bits per heavy atom. The second-order valence-electron chi connectivity index (χ2n) is 5.86. The number of thiazole rings is 1. The van der Waals surface area contributed by atoms with E-state index in [0.717, 1.165) is 21.8 Å². The van der Waals surface area contributed by atoms with Crippen LogP contribution in [0.4, 0.5) is 5.69 Å². The van der Waals surface area contributed by atoms with Crippen molar-refractivity contribution in [3.8, 4) is 10.6 Å². The van der Waals surface area contributed by atoms with Gasteiger partial charge in [0.1, 0.15) is 5.01 Å². The lowest BCUT2D eigenvalue weighted by atomic mass is 10.1. The number of nitrogens with one attached hydrogen (secondary N) is 1. The van der Waals surface area contributed by atoms with E-state index in [9.17, 15) is 14.9 Å². The van der Waals surface area contributed by atoms with Crippen LogP contribution in [0, 0.1) is 17.0 Å². The van der Waals surface area contributed by atoms with Gasteiger partial charge in [-0.2, -0.15) is 0 Å². The first-order chi connectivity index (χ1) is 13.0. The molecule has 1 amide bonds. The second kappa shape index (κ2) is 8.37. The number of amides is 1. The smallest absolute Gasteiger partial charge is 0.270 e. The van der Waals surface area contributed by atoms with Crippen LogP contribution in [0.25, 0.3) is 16.6 Å². The van der Waals surface area contributed by atoms with E-state index in [1.165, 1.54) is 29.5 Å². The maximum absolute atomic E-state index is 12.0. The Hall–Kier alpha value is -3.32. The number of rotatable bonds is 6. The fourth-order valence-corrected chi connectivity index (χ4v) is 3.38. The van der Waals surface area contributed by atoms with Crippen LogP contribution in [0.3, 0.4) is 0 Å². The highest BCUT2D eigenvalue weighted by Gasteiger charge is 2.08. The maximum atomic E-state index is 12.0. The molecule has 0 bridgehead atoms. The summed E-state index contributed by atoms with van der Waals surface area (Å²) in [5.74, 6) is -0.285. The molecular formula is C20H17N3O3S. The van der Waals surface area contributed by atoms with E-state index >= 15 is 0 Å². The van der Waals surface area contributed by atoms with Crippen molar-refractivity contribution in [2.75, 3.05) is 0 Å². The molecule has 0 radical (unpaired) electrons. The van der Waals surface area contributed by atoms with Crippen LogP contribution in [0.5, 0.6) is 0 Å². The van der Waals surface area contributed by atoms with Crippen molar-refractivity contribution < 1.29 is 9.72 Å². The average molecular weight is 379 g/mol. The third kappa shape index (κ3) is 4.86. The molecule has 3 rings (SSSR count). The molecule has 0 aliphatic heterocycles. The standard InChI is InChI=1S/C20H17N3O3S/c1-14-5-2-3-8-18(14)20-22-16(13-27-20)12-21-19(24)10-9-15-6-4-7-17(11-15)23(25)26/h2-11,13H,12H2,1H3,(H,21,24)/b10-9+. The zero-order chi connectivity index (χ0) is 19.2. The molecule has 0 aliphatic rings. The summed E-state index contributed by atoms with van der Waals surface area (Å²) in [7, 11) is 0. The van der Waals surface area contributed by atoms with Gasteiger partial charge in [-0.15, -0.1) is 11.3 Å². The van der Waals surface area contributed by atoms with Gasteiger partial charge < -0.3 is 5.32 Å². The van der Waals surface area contributed by atoms with Gasteiger partial charge in [0, 0.05) is 29.2 Å². The summed E-state index contributed by atoms with van der Waals surface area (Å²) >= 11 is 1.54. The first-order valence-electron chi connectivity index (χ1n) is 8.24. The largest absolute Gasteiger partial charge is 0.347 e. The van der Waals surface area contributed by atoms with Gasteiger partial charge in [0.25, 0.3) is 5.69 Å². The zero-order valence-electron chi connectivity index (χ0n) is 14.6. The summed E-state index contributed by atoms with van der Waals surface area (Å²) in [5.41, 5.74) is 3.61. The number of nitrogens with zero attached hydrogens (tertiary/aromatic N) is 2. The van der Waals surface area contributed by atoms with E-state index in [0.29, 0.717) is 12.1 Å². The van der Waals surface area contributed by atoms with Crippen LogP contribution < -0.4 is 5.32 Å². The Bertz CT molecular complexity index is 1010. The zero-order valence-corrected chi connectivity index (χ0v) is 15.4. The number of benzene rings is 2. The van der Waals surface area contributed by atoms with Crippen molar-refractivity contribution in [1.82, 2.24) is 10.3 Å². The molecule has 1 aromatic heterocycles. The number of carbonyl (C=O) groups is 1. The van der Waals surface area contributed by atoms with Gasteiger partial charge in [0.15, 0.2) is 0 Å². The number of aryl methyl sites for hydroxylation is 1. The van der Waals surface area contributed by atoms with Gasteiger partial charge in [0.2, 0.25) is 5.91 Å². The summed E-state index contributed by atoms with van der Waals surface area (Å²) in [6.07, 6.45) is 2.90. The Kier molecular flexibility index (Phi) is 5.73. The van der Waals surface area contributed by atoms with Crippen molar-refractivity contribution >= 4 is 29.0 Å². The fraction of sp³-hybridized carbons (Fsp3) is 0.100. The first-order valence-corrected chi connectivity index (χ1v) is 9.11. The molecule has 0 saturated heterocycles. The van der Waals surface area contributed by atoms with Crippen molar-refractivity contribution in [3.63, 3.8) is 0 Å². The number of aromatic nitrogens is 1. The van der Waals surface area contributed by atoms with E-state index in [1.807, 2.05) is 36.6 Å². The molecule has 0 unspecified atom stereocenters. The predicted octanol–water partition coefficient (Wildman–Crippen LogP) is 4.36. The SMILES string of the molecule is Cc1ccccc1-c1nc(CNC(=O)/C=C/c2cccc([N+](=O)[O-])c2)cs1. The lowest BCUT2D eigenvalue weighted by molar-refractivity contribution is -0.384. The molecule has 0 spiro atoms. The summed E-state index contributed by atoms with van der Waals surface area (Å²) in [5, 5.41) is 16.4. The number of nitro benzene ring substituents is 1. The van der Waals surface area contributed by atoms with E-state index < -0.39 is 4.92 Å². The number of nitro groups is 1. The minimum Gasteiger partial charge on any atom is -0.347 e. The minimum atomic E-state index is -0.467. The minimum absolute atomic E-state index is 0.0104.